The number of hydrogen-bond acceptors (Lipinski definition) is 3. The highest BCUT2D eigenvalue weighted by atomic mass is 15.3. The van der Waals surface area contributed by atoms with Crippen molar-refractivity contribution in [2.75, 3.05) is 14.1 Å². The molecule has 0 rings (SSSR count). The van der Waals surface area contributed by atoms with E-state index in [0.717, 1.165) is 12.0 Å². The van der Waals surface area contributed by atoms with Crippen molar-refractivity contribution in [2.24, 2.45) is 5.84 Å². The predicted molar refractivity (Wildman–Crippen MR) is 58.3 cm³/mol. The quantitative estimate of drug-likeness (QED) is 0.383. The van der Waals surface area contributed by atoms with Crippen molar-refractivity contribution in [2.45, 2.75) is 38.8 Å². The Labute approximate surface area is 82.0 Å². The van der Waals surface area contributed by atoms with Gasteiger partial charge in [0.25, 0.3) is 0 Å². The lowest BCUT2D eigenvalue weighted by Gasteiger charge is -2.40. The average Bonchev–Trinajstić information content (AvgIpc) is 1.99. The van der Waals surface area contributed by atoms with E-state index in [2.05, 4.69) is 44.8 Å². The van der Waals surface area contributed by atoms with E-state index in [1.807, 2.05) is 6.92 Å². The summed E-state index contributed by atoms with van der Waals surface area (Å²) in [5, 5.41) is 0. The lowest BCUT2D eigenvalue weighted by atomic mass is 9.89. The molecule has 0 saturated heterocycles. The number of nitrogens with one attached hydrogen (secondary N) is 1. The van der Waals surface area contributed by atoms with E-state index < -0.39 is 0 Å². The molecule has 78 valence electrons. The van der Waals surface area contributed by atoms with E-state index in [9.17, 15) is 0 Å². The second-order valence-electron chi connectivity index (χ2n) is 4.43. The first-order valence-electron chi connectivity index (χ1n) is 4.60. The fourth-order valence-corrected chi connectivity index (χ4v) is 1.17. The second-order valence-corrected chi connectivity index (χ2v) is 4.43. The number of hydrogen-bond donors (Lipinski definition) is 2. The average molecular weight is 185 g/mol. The van der Waals surface area contributed by atoms with Gasteiger partial charge in [-0.05, 0) is 41.3 Å². The molecule has 1 unspecified atom stereocenters. The Morgan fingerprint density at radius 2 is 2.00 bits per heavy atom. The van der Waals surface area contributed by atoms with Crippen LogP contribution in [0, 0.1) is 0 Å². The van der Waals surface area contributed by atoms with Crippen molar-refractivity contribution in [3.8, 4) is 0 Å². The van der Waals surface area contributed by atoms with Gasteiger partial charge in [-0.2, -0.15) is 0 Å². The third kappa shape index (κ3) is 3.46. The summed E-state index contributed by atoms with van der Waals surface area (Å²) in [4.78, 5) is 2.17. The second kappa shape index (κ2) is 4.74. The van der Waals surface area contributed by atoms with Crippen LogP contribution in [-0.4, -0.2) is 30.6 Å². The van der Waals surface area contributed by atoms with Gasteiger partial charge in [-0.3, -0.25) is 11.3 Å². The molecule has 0 aliphatic carbocycles. The Bertz CT molecular complexity index is 173. The number of nitrogens with zero attached hydrogens (tertiary/aromatic N) is 1. The monoisotopic (exact) mass is 185 g/mol. The van der Waals surface area contributed by atoms with E-state index in [0.29, 0.717) is 0 Å². The minimum Gasteiger partial charge on any atom is -0.303 e. The van der Waals surface area contributed by atoms with Gasteiger partial charge in [-0.15, -0.1) is 6.58 Å². The van der Waals surface area contributed by atoms with Crippen molar-refractivity contribution in [1.29, 1.82) is 0 Å². The summed E-state index contributed by atoms with van der Waals surface area (Å²) in [5.74, 6) is 5.53. The molecule has 0 spiro atoms. The molecular weight excluding hydrogens is 162 g/mol. The van der Waals surface area contributed by atoms with Crippen LogP contribution in [0.25, 0.3) is 0 Å². The van der Waals surface area contributed by atoms with Gasteiger partial charge in [0.2, 0.25) is 0 Å². The van der Waals surface area contributed by atoms with E-state index in [1.54, 1.807) is 0 Å². The number of likely N-dealkylation sites (N-methyl/N-ethyl adjacent to an activating group) is 1. The summed E-state index contributed by atoms with van der Waals surface area (Å²) in [6.07, 6.45) is 0.904. The molecule has 0 fully saturated rings. The molecule has 0 aromatic rings. The molecule has 13 heavy (non-hydrogen) atoms. The molecule has 0 aromatic carbocycles. The van der Waals surface area contributed by atoms with Crippen molar-refractivity contribution in [3.63, 3.8) is 0 Å². The Kier molecular flexibility index (Phi) is 4.61. The van der Waals surface area contributed by atoms with Gasteiger partial charge < -0.3 is 4.90 Å². The summed E-state index contributed by atoms with van der Waals surface area (Å²) >= 11 is 0. The molecule has 0 bridgehead atoms. The van der Waals surface area contributed by atoms with Gasteiger partial charge in [0.05, 0.1) is 0 Å². The van der Waals surface area contributed by atoms with Crippen LogP contribution in [0.5, 0.6) is 0 Å². The van der Waals surface area contributed by atoms with Gasteiger partial charge >= 0.3 is 0 Å². The van der Waals surface area contributed by atoms with Crippen LogP contribution in [-0.2, 0) is 0 Å². The molecule has 0 heterocycles. The van der Waals surface area contributed by atoms with Crippen molar-refractivity contribution in [1.82, 2.24) is 10.3 Å². The fraction of sp³-hybridized carbons (Fsp3) is 0.800. The van der Waals surface area contributed by atoms with Gasteiger partial charge in [-0.1, -0.05) is 5.57 Å². The van der Waals surface area contributed by atoms with Gasteiger partial charge in [0, 0.05) is 11.6 Å². The van der Waals surface area contributed by atoms with Crippen LogP contribution in [0.1, 0.15) is 27.2 Å². The summed E-state index contributed by atoms with van der Waals surface area (Å²) < 4.78 is 0. The Hall–Kier alpha value is -0.380. The third-order valence-corrected chi connectivity index (χ3v) is 2.76. The van der Waals surface area contributed by atoms with Crippen molar-refractivity contribution < 1.29 is 0 Å². The summed E-state index contributed by atoms with van der Waals surface area (Å²) in [6.45, 7) is 10.3. The number of rotatable bonds is 5. The zero-order valence-corrected chi connectivity index (χ0v) is 9.52. The van der Waals surface area contributed by atoms with E-state index in [-0.39, 0.29) is 11.6 Å². The molecule has 3 nitrogen and oxygen atoms in total. The molecule has 3 heteroatoms. The van der Waals surface area contributed by atoms with Crippen LogP contribution in [0.15, 0.2) is 12.2 Å². The Morgan fingerprint density at radius 1 is 1.54 bits per heavy atom. The van der Waals surface area contributed by atoms with Crippen LogP contribution < -0.4 is 11.3 Å². The number of hydrazine groups is 1. The summed E-state index contributed by atoms with van der Waals surface area (Å²) in [5.41, 5.74) is 4.04. The van der Waals surface area contributed by atoms with Crippen LogP contribution in [0.2, 0.25) is 0 Å². The predicted octanol–water partition coefficient (Wildman–Crippen LogP) is 1.12. The zero-order chi connectivity index (χ0) is 10.6. The van der Waals surface area contributed by atoms with Crippen molar-refractivity contribution >= 4 is 0 Å². The highest BCUT2D eigenvalue weighted by Gasteiger charge is 2.30. The first-order chi connectivity index (χ1) is 5.82. The van der Waals surface area contributed by atoms with Gasteiger partial charge in [0.15, 0.2) is 0 Å². The fourth-order valence-electron chi connectivity index (χ4n) is 1.17. The van der Waals surface area contributed by atoms with E-state index in [1.165, 1.54) is 0 Å². The molecule has 0 saturated carbocycles. The first kappa shape index (κ1) is 12.6. The number of nitrogens with two attached hydrogens (primary N) is 1. The molecule has 3 N–H and O–H groups in total. The van der Waals surface area contributed by atoms with E-state index >= 15 is 0 Å². The van der Waals surface area contributed by atoms with Crippen molar-refractivity contribution in [3.05, 3.63) is 12.2 Å². The maximum Gasteiger partial charge on any atom is 0.0426 e. The first-order valence-corrected chi connectivity index (χ1v) is 4.60. The lowest BCUT2D eigenvalue weighted by Crippen LogP contribution is -2.57. The topological polar surface area (TPSA) is 41.3 Å². The summed E-state index contributed by atoms with van der Waals surface area (Å²) in [7, 11) is 4.12. The SMILES string of the molecule is C=C(C)CC(NN)C(C)(C)N(C)C. The Balaban J connectivity index is 4.46. The Morgan fingerprint density at radius 3 is 2.23 bits per heavy atom. The molecular formula is C10H23N3. The summed E-state index contributed by atoms with van der Waals surface area (Å²) in [6, 6.07) is 0.236. The van der Waals surface area contributed by atoms with Gasteiger partial charge in [-0.25, -0.2) is 0 Å². The highest BCUT2D eigenvalue weighted by molar-refractivity contribution is 5.00. The maximum atomic E-state index is 5.53. The zero-order valence-electron chi connectivity index (χ0n) is 9.52. The lowest BCUT2D eigenvalue weighted by molar-refractivity contribution is 0.137. The van der Waals surface area contributed by atoms with Gasteiger partial charge in [0.1, 0.15) is 0 Å². The maximum absolute atomic E-state index is 5.53. The molecule has 1 atom stereocenters. The molecule has 0 aliphatic heterocycles. The molecule has 0 radical (unpaired) electrons. The third-order valence-electron chi connectivity index (χ3n) is 2.76. The van der Waals surface area contributed by atoms with Crippen LogP contribution in [0.4, 0.5) is 0 Å². The molecule has 0 aromatic heterocycles. The highest BCUT2D eigenvalue weighted by Crippen LogP contribution is 2.20. The molecule has 0 amide bonds. The van der Waals surface area contributed by atoms with Crippen LogP contribution >= 0.6 is 0 Å². The van der Waals surface area contributed by atoms with Crippen LogP contribution in [0.3, 0.4) is 0 Å². The smallest absolute Gasteiger partial charge is 0.0426 e. The standard InChI is InChI=1S/C10H23N3/c1-8(2)7-9(12-11)10(3,4)13(5)6/h9,12H,1,7,11H2,2-6H3. The minimum absolute atomic E-state index is 0.0354. The normalized spacial score (nSPS) is 14.7. The van der Waals surface area contributed by atoms with E-state index in [4.69, 9.17) is 5.84 Å². The largest absolute Gasteiger partial charge is 0.303 e. The molecule has 0 aliphatic rings. The minimum atomic E-state index is 0.0354.